The Bertz CT molecular complexity index is 676. The Balaban J connectivity index is 1.83. The normalized spacial score (nSPS) is 19.6. The molecule has 122 valence electrons. The number of hydrogen-bond donors (Lipinski definition) is 1. The van der Waals surface area contributed by atoms with Gasteiger partial charge in [-0.3, -0.25) is 4.79 Å². The summed E-state index contributed by atoms with van der Waals surface area (Å²) in [4.78, 5) is 18.9. The maximum absolute atomic E-state index is 12.9. The van der Waals surface area contributed by atoms with E-state index in [4.69, 9.17) is 10.2 Å². The first-order chi connectivity index (χ1) is 11.1. The average Bonchev–Trinajstić information content (AvgIpc) is 3.04. The standard InChI is InChI=1S/C18H23N3O2/c1-12-5-7-14(8-6-12)17-16(20-11-23-17)18(22)21-9-3-4-15(10-21)13(2)19/h5-8,11,13,15H,3-4,9-10,19H2,1-2H3. The lowest BCUT2D eigenvalue weighted by Crippen LogP contribution is -2.45. The van der Waals surface area contributed by atoms with Gasteiger partial charge in [0.1, 0.15) is 0 Å². The average molecular weight is 313 g/mol. The molecular weight excluding hydrogens is 290 g/mol. The maximum atomic E-state index is 12.9. The Hall–Kier alpha value is -2.14. The van der Waals surface area contributed by atoms with Gasteiger partial charge in [-0.2, -0.15) is 0 Å². The van der Waals surface area contributed by atoms with E-state index in [-0.39, 0.29) is 11.9 Å². The highest BCUT2D eigenvalue weighted by Crippen LogP contribution is 2.26. The van der Waals surface area contributed by atoms with Crippen LogP contribution in [0.5, 0.6) is 0 Å². The van der Waals surface area contributed by atoms with Gasteiger partial charge in [-0.15, -0.1) is 0 Å². The van der Waals surface area contributed by atoms with E-state index in [2.05, 4.69) is 4.98 Å². The summed E-state index contributed by atoms with van der Waals surface area (Å²) in [7, 11) is 0. The number of carbonyl (C=O) groups is 1. The SMILES string of the molecule is Cc1ccc(-c2ocnc2C(=O)N2CCCC(C(C)N)C2)cc1. The number of rotatable bonds is 3. The molecule has 23 heavy (non-hydrogen) atoms. The summed E-state index contributed by atoms with van der Waals surface area (Å²) >= 11 is 0. The number of piperidine rings is 1. The van der Waals surface area contributed by atoms with Crippen molar-refractivity contribution in [2.24, 2.45) is 11.7 Å². The first-order valence-corrected chi connectivity index (χ1v) is 8.11. The third-order valence-electron chi connectivity index (χ3n) is 4.57. The van der Waals surface area contributed by atoms with E-state index in [9.17, 15) is 4.79 Å². The van der Waals surface area contributed by atoms with Crippen LogP contribution in [0.3, 0.4) is 0 Å². The van der Waals surface area contributed by atoms with Gasteiger partial charge in [0.25, 0.3) is 5.91 Å². The molecule has 1 aliphatic heterocycles. The van der Waals surface area contributed by atoms with Gasteiger partial charge in [-0.05, 0) is 32.6 Å². The first kappa shape index (κ1) is 15.7. The molecule has 1 fully saturated rings. The molecule has 0 aliphatic carbocycles. The van der Waals surface area contributed by atoms with Crippen LogP contribution in [0.4, 0.5) is 0 Å². The van der Waals surface area contributed by atoms with E-state index in [1.807, 2.05) is 43.0 Å². The molecule has 3 rings (SSSR count). The quantitative estimate of drug-likeness (QED) is 0.945. The molecule has 1 amide bonds. The maximum Gasteiger partial charge on any atom is 0.276 e. The van der Waals surface area contributed by atoms with Crippen LogP contribution in [0, 0.1) is 12.8 Å². The minimum Gasteiger partial charge on any atom is -0.443 e. The van der Waals surface area contributed by atoms with Crippen molar-refractivity contribution in [3.63, 3.8) is 0 Å². The van der Waals surface area contributed by atoms with Crippen molar-refractivity contribution in [2.45, 2.75) is 32.7 Å². The first-order valence-electron chi connectivity index (χ1n) is 8.11. The molecule has 1 aromatic heterocycles. The van der Waals surface area contributed by atoms with Gasteiger partial charge in [-0.1, -0.05) is 29.8 Å². The Labute approximate surface area is 136 Å². The molecule has 2 N–H and O–H groups in total. The van der Waals surface area contributed by atoms with Crippen LogP contribution in [0.2, 0.25) is 0 Å². The third kappa shape index (κ3) is 3.29. The summed E-state index contributed by atoms with van der Waals surface area (Å²) in [6.07, 6.45) is 3.40. The van der Waals surface area contributed by atoms with Crippen molar-refractivity contribution >= 4 is 5.91 Å². The number of aryl methyl sites for hydroxylation is 1. The lowest BCUT2D eigenvalue weighted by atomic mass is 9.92. The fraction of sp³-hybridized carbons (Fsp3) is 0.444. The number of amides is 1. The molecule has 5 heteroatoms. The third-order valence-corrected chi connectivity index (χ3v) is 4.57. The number of nitrogens with two attached hydrogens (primary N) is 1. The topological polar surface area (TPSA) is 72.4 Å². The molecule has 0 saturated carbocycles. The minimum absolute atomic E-state index is 0.0697. The largest absolute Gasteiger partial charge is 0.443 e. The predicted octanol–water partition coefficient (Wildman–Crippen LogP) is 2.85. The van der Waals surface area contributed by atoms with Crippen molar-refractivity contribution in [1.82, 2.24) is 9.88 Å². The number of hydrogen-bond acceptors (Lipinski definition) is 4. The van der Waals surface area contributed by atoms with E-state index in [0.717, 1.165) is 30.5 Å². The molecular formula is C18H23N3O2. The molecule has 2 atom stereocenters. The zero-order valence-electron chi connectivity index (χ0n) is 13.7. The van der Waals surface area contributed by atoms with Crippen molar-refractivity contribution in [2.75, 3.05) is 13.1 Å². The van der Waals surface area contributed by atoms with Gasteiger partial charge in [-0.25, -0.2) is 4.98 Å². The van der Waals surface area contributed by atoms with Gasteiger partial charge < -0.3 is 15.1 Å². The number of carbonyl (C=O) groups excluding carboxylic acids is 1. The second-order valence-electron chi connectivity index (χ2n) is 6.41. The minimum atomic E-state index is -0.0697. The number of oxazole rings is 1. The fourth-order valence-corrected chi connectivity index (χ4v) is 3.08. The predicted molar refractivity (Wildman–Crippen MR) is 89.0 cm³/mol. The summed E-state index contributed by atoms with van der Waals surface area (Å²) in [5, 5.41) is 0. The Kier molecular flexibility index (Phi) is 4.48. The molecule has 2 unspecified atom stereocenters. The zero-order chi connectivity index (χ0) is 16.4. The zero-order valence-corrected chi connectivity index (χ0v) is 13.7. The monoisotopic (exact) mass is 313 g/mol. The molecule has 0 radical (unpaired) electrons. The fourth-order valence-electron chi connectivity index (χ4n) is 3.08. The summed E-state index contributed by atoms with van der Waals surface area (Å²) in [5.74, 6) is 0.819. The summed E-state index contributed by atoms with van der Waals surface area (Å²) in [5.41, 5.74) is 8.44. The number of likely N-dealkylation sites (tertiary alicyclic amines) is 1. The van der Waals surface area contributed by atoms with Gasteiger partial charge in [0.05, 0.1) is 0 Å². The van der Waals surface area contributed by atoms with E-state index >= 15 is 0 Å². The van der Waals surface area contributed by atoms with Crippen LogP contribution in [0.25, 0.3) is 11.3 Å². The highest BCUT2D eigenvalue weighted by Gasteiger charge is 2.29. The smallest absolute Gasteiger partial charge is 0.276 e. The molecule has 1 saturated heterocycles. The van der Waals surface area contributed by atoms with Crippen LogP contribution >= 0.6 is 0 Å². The second kappa shape index (κ2) is 6.54. The van der Waals surface area contributed by atoms with Gasteiger partial charge >= 0.3 is 0 Å². The van der Waals surface area contributed by atoms with Gasteiger partial charge in [0.2, 0.25) is 0 Å². The van der Waals surface area contributed by atoms with Gasteiger partial charge in [0, 0.05) is 24.7 Å². The molecule has 0 bridgehead atoms. The van der Waals surface area contributed by atoms with Crippen molar-refractivity contribution in [1.29, 1.82) is 0 Å². The van der Waals surface area contributed by atoms with Crippen LogP contribution < -0.4 is 5.73 Å². The van der Waals surface area contributed by atoms with E-state index < -0.39 is 0 Å². The Morgan fingerprint density at radius 2 is 2.13 bits per heavy atom. The van der Waals surface area contributed by atoms with Crippen molar-refractivity contribution < 1.29 is 9.21 Å². The number of benzene rings is 1. The molecule has 2 heterocycles. The van der Waals surface area contributed by atoms with Crippen molar-refractivity contribution in [3.05, 3.63) is 41.9 Å². The Morgan fingerprint density at radius 3 is 2.83 bits per heavy atom. The molecule has 5 nitrogen and oxygen atoms in total. The highest BCUT2D eigenvalue weighted by molar-refractivity contribution is 5.97. The number of aromatic nitrogens is 1. The summed E-state index contributed by atoms with van der Waals surface area (Å²) in [6.45, 7) is 5.48. The number of nitrogens with zero attached hydrogens (tertiary/aromatic N) is 2. The van der Waals surface area contributed by atoms with E-state index in [1.54, 1.807) is 0 Å². The molecule has 1 aromatic carbocycles. The molecule has 0 spiro atoms. The summed E-state index contributed by atoms with van der Waals surface area (Å²) in [6, 6.07) is 8.00. The van der Waals surface area contributed by atoms with Crippen LogP contribution in [-0.4, -0.2) is 34.9 Å². The van der Waals surface area contributed by atoms with Crippen LogP contribution in [0.1, 0.15) is 35.8 Å². The molecule has 1 aliphatic rings. The second-order valence-corrected chi connectivity index (χ2v) is 6.41. The van der Waals surface area contributed by atoms with E-state index in [0.29, 0.717) is 23.9 Å². The van der Waals surface area contributed by atoms with Crippen molar-refractivity contribution in [3.8, 4) is 11.3 Å². The Morgan fingerprint density at radius 1 is 1.39 bits per heavy atom. The lowest BCUT2D eigenvalue weighted by molar-refractivity contribution is 0.0656. The van der Waals surface area contributed by atoms with Crippen LogP contribution in [-0.2, 0) is 0 Å². The molecule has 2 aromatic rings. The van der Waals surface area contributed by atoms with Gasteiger partial charge in [0.15, 0.2) is 17.8 Å². The van der Waals surface area contributed by atoms with E-state index in [1.165, 1.54) is 6.39 Å². The lowest BCUT2D eigenvalue weighted by Gasteiger charge is -2.34. The highest BCUT2D eigenvalue weighted by atomic mass is 16.3. The summed E-state index contributed by atoms with van der Waals surface area (Å²) < 4.78 is 5.49. The van der Waals surface area contributed by atoms with Crippen LogP contribution in [0.15, 0.2) is 35.1 Å².